The molecule has 1 aromatic rings. The van der Waals surface area contributed by atoms with Gasteiger partial charge in [0.1, 0.15) is 5.82 Å². The SMILES string of the molecule is CCCc1nc(S(=O)(=O)NC(C)C)c2n1C(CC)CCC2. The minimum atomic E-state index is -3.51. The number of aryl methyl sites for hydroxylation is 1. The Morgan fingerprint density at radius 2 is 2.10 bits per heavy atom. The minimum absolute atomic E-state index is 0.118. The van der Waals surface area contributed by atoms with E-state index in [0.29, 0.717) is 6.04 Å². The summed E-state index contributed by atoms with van der Waals surface area (Å²) in [4.78, 5) is 4.52. The Bertz CT molecular complexity index is 590. The molecule has 0 spiro atoms. The van der Waals surface area contributed by atoms with Crippen molar-refractivity contribution < 1.29 is 8.42 Å². The molecular formula is C15H27N3O2S. The zero-order valence-electron chi connectivity index (χ0n) is 13.5. The molecule has 1 aromatic heterocycles. The third-order valence-corrected chi connectivity index (χ3v) is 5.57. The first kappa shape index (κ1) is 16.5. The molecule has 120 valence electrons. The monoisotopic (exact) mass is 313 g/mol. The summed E-state index contributed by atoms with van der Waals surface area (Å²) in [6.07, 6.45) is 5.80. The molecule has 1 aliphatic rings. The summed E-state index contributed by atoms with van der Waals surface area (Å²) in [5.41, 5.74) is 0.907. The Balaban J connectivity index is 2.53. The van der Waals surface area contributed by atoms with E-state index in [-0.39, 0.29) is 11.1 Å². The maximum atomic E-state index is 12.5. The molecule has 1 atom stereocenters. The van der Waals surface area contributed by atoms with Crippen molar-refractivity contribution in [2.75, 3.05) is 0 Å². The van der Waals surface area contributed by atoms with Gasteiger partial charge >= 0.3 is 0 Å². The van der Waals surface area contributed by atoms with Gasteiger partial charge in [-0.15, -0.1) is 0 Å². The Labute approximate surface area is 128 Å². The number of sulfonamides is 1. The predicted molar refractivity (Wildman–Crippen MR) is 83.9 cm³/mol. The molecule has 5 nitrogen and oxygen atoms in total. The average molecular weight is 313 g/mol. The molecule has 2 heterocycles. The number of nitrogens with zero attached hydrogens (tertiary/aromatic N) is 2. The zero-order chi connectivity index (χ0) is 15.6. The molecule has 0 aromatic carbocycles. The van der Waals surface area contributed by atoms with Gasteiger partial charge in [-0.3, -0.25) is 0 Å². The number of aromatic nitrogens is 2. The molecule has 0 fully saturated rings. The van der Waals surface area contributed by atoms with Gasteiger partial charge in [0.15, 0.2) is 5.03 Å². The van der Waals surface area contributed by atoms with Gasteiger partial charge in [0.05, 0.1) is 5.69 Å². The van der Waals surface area contributed by atoms with Gasteiger partial charge < -0.3 is 4.57 Å². The lowest BCUT2D eigenvalue weighted by molar-refractivity contribution is 0.377. The fraction of sp³-hybridized carbons (Fsp3) is 0.800. The smallest absolute Gasteiger partial charge is 0.260 e. The molecule has 6 heteroatoms. The lowest BCUT2D eigenvalue weighted by atomic mass is 10.0. The van der Waals surface area contributed by atoms with E-state index < -0.39 is 10.0 Å². The summed E-state index contributed by atoms with van der Waals surface area (Å²) in [6.45, 7) is 7.94. The maximum absolute atomic E-state index is 12.5. The van der Waals surface area contributed by atoms with Crippen LogP contribution in [-0.4, -0.2) is 24.0 Å². The van der Waals surface area contributed by atoms with E-state index in [9.17, 15) is 8.42 Å². The molecular weight excluding hydrogens is 286 g/mol. The highest BCUT2D eigenvalue weighted by Crippen LogP contribution is 2.33. The quantitative estimate of drug-likeness (QED) is 0.878. The highest BCUT2D eigenvalue weighted by atomic mass is 32.2. The molecule has 0 amide bonds. The van der Waals surface area contributed by atoms with Crippen molar-refractivity contribution in [3.8, 4) is 0 Å². The van der Waals surface area contributed by atoms with Crippen molar-refractivity contribution in [3.05, 3.63) is 11.5 Å². The Morgan fingerprint density at radius 3 is 2.67 bits per heavy atom. The second kappa shape index (κ2) is 6.48. The van der Waals surface area contributed by atoms with Crippen molar-refractivity contribution in [3.63, 3.8) is 0 Å². The van der Waals surface area contributed by atoms with E-state index in [1.165, 1.54) is 0 Å². The highest BCUT2D eigenvalue weighted by molar-refractivity contribution is 7.89. The Morgan fingerprint density at radius 1 is 1.38 bits per heavy atom. The van der Waals surface area contributed by atoms with Crippen LogP contribution in [0.3, 0.4) is 0 Å². The van der Waals surface area contributed by atoms with Gasteiger partial charge in [0, 0.05) is 18.5 Å². The van der Waals surface area contributed by atoms with Gasteiger partial charge in [-0.1, -0.05) is 13.8 Å². The summed E-state index contributed by atoms with van der Waals surface area (Å²) >= 11 is 0. The van der Waals surface area contributed by atoms with E-state index >= 15 is 0 Å². The van der Waals surface area contributed by atoms with Crippen molar-refractivity contribution in [2.24, 2.45) is 0 Å². The van der Waals surface area contributed by atoms with Crippen molar-refractivity contribution >= 4 is 10.0 Å². The number of nitrogens with one attached hydrogen (secondary N) is 1. The molecule has 0 saturated heterocycles. The predicted octanol–water partition coefficient (Wildman–Crippen LogP) is 2.81. The van der Waals surface area contributed by atoms with Crippen molar-refractivity contribution in [2.45, 2.75) is 83.3 Å². The number of hydrogen-bond acceptors (Lipinski definition) is 3. The van der Waals surface area contributed by atoms with Gasteiger partial charge in [0.2, 0.25) is 0 Å². The van der Waals surface area contributed by atoms with Crippen LogP contribution in [0.15, 0.2) is 5.03 Å². The first-order valence-electron chi connectivity index (χ1n) is 8.03. The summed E-state index contributed by atoms with van der Waals surface area (Å²) in [5.74, 6) is 0.934. The van der Waals surface area contributed by atoms with E-state index in [1.54, 1.807) is 0 Å². The molecule has 1 aliphatic heterocycles. The number of imidazole rings is 1. The van der Waals surface area contributed by atoms with Gasteiger partial charge in [-0.05, 0) is 46.0 Å². The second-order valence-corrected chi connectivity index (χ2v) is 7.76. The van der Waals surface area contributed by atoms with E-state index in [1.807, 2.05) is 13.8 Å². The van der Waals surface area contributed by atoms with Crippen LogP contribution in [0.5, 0.6) is 0 Å². The fourth-order valence-corrected chi connectivity index (χ4v) is 4.62. The van der Waals surface area contributed by atoms with Crippen LogP contribution in [-0.2, 0) is 22.9 Å². The molecule has 0 saturated carbocycles. The first-order chi connectivity index (χ1) is 9.90. The van der Waals surface area contributed by atoms with Gasteiger partial charge in [-0.2, -0.15) is 0 Å². The third-order valence-electron chi connectivity index (χ3n) is 3.95. The Hall–Kier alpha value is -0.880. The van der Waals surface area contributed by atoms with Crippen LogP contribution >= 0.6 is 0 Å². The number of rotatable bonds is 6. The lowest BCUT2D eigenvalue weighted by Gasteiger charge is -2.26. The van der Waals surface area contributed by atoms with Gasteiger partial charge in [0.25, 0.3) is 10.0 Å². The van der Waals surface area contributed by atoms with Crippen LogP contribution in [0.25, 0.3) is 0 Å². The normalized spacial score (nSPS) is 19.0. The van der Waals surface area contributed by atoms with Crippen LogP contribution in [0, 0.1) is 0 Å². The Kier molecular flexibility index (Phi) is 5.09. The third kappa shape index (κ3) is 3.31. The molecule has 0 aliphatic carbocycles. The summed E-state index contributed by atoms with van der Waals surface area (Å²) in [7, 11) is -3.51. The van der Waals surface area contributed by atoms with E-state index in [2.05, 4.69) is 28.1 Å². The van der Waals surface area contributed by atoms with Gasteiger partial charge in [-0.25, -0.2) is 18.1 Å². The van der Waals surface area contributed by atoms with Crippen molar-refractivity contribution in [1.82, 2.24) is 14.3 Å². The topological polar surface area (TPSA) is 64.0 Å². The maximum Gasteiger partial charge on any atom is 0.260 e. The summed E-state index contributed by atoms with van der Waals surface area (Å²) < 4.78 is 30.0. The van der Waals surface area contributed by atoms with E-state index in [0.717, 1.165) is 50.0 Å². The van der Waals surface area contributed by atoms with Crippen LogP contribution in [0.4, 0.5) is 0 Å². The lowest BCUT2D eigenvalue weighted by Crippen LogP contribution is -2.31. The average Bonchev–Trinajstić information content (AvgIpc) is 2.78. The van der Waals surface area contributed by atoms with Crippen LogP contribution in [0.1, 0.15) is 70.9 Å². The molecule has 1 N–H and O–H groups in total. The molecule has 0 bridgehead atoms. The summed E-state index contributed by atoms with van der Waals surface area (Å²) in [5, 5.41) is 0.262. The standard InChI is InChI=1S/C15H27N3O2S/c1-5-8-14-16-15(21(19,20)17-11(3)4)13-10-7-9-12(6-2)18(13)14/h11-12,17H,5-10H2,1-4H3. The first-order valence-corrected chi connectivity index (χ1v) is 9.51. The largest absolute Gasteiger partial charge is 0.328 e. The zero-order valence-corrected chi connectivity index (χ0v) is 14.3. The van der Waals surface area contributed by atoms with Crippen LogP contribution in [0.2, 0.25) is 0 Å². The van der Waals surface area contributed by atoms with Crippen molar-refractivity contribution in [1.29, 1.82) is 0 Å². The second-order valence-electron chi connectivity index (χ2n) is 6.13. The minimum Gasteiger partial charge on any atom is -0.328 e. The van der Waals surface area contributed by atoms with E-state index in [4.69, 9.17) is 0 Å². The molecule has 1 unspecified atom stereocenters. The fourth-order valence-electron chi connectivity index (χ4n) is 3.16. The molecule has 2 rings (SSSR count). The highest BCUT2D eigenvalue weighted by Gasteiger charge is 2.31. The number of fused-ring (bicyclic) bond motifs is 1. The number of hydrogen-bond donors (Lipinski definition) is 1. The molecule has 21 heavy (non-hydrogen) atoms. The molecule has 0 radical (unpaired) electrons. The van der Waals surface area contributed by atoms with Crippen LogP contribution < -0.4 is 4.72 Å². The summed E-state index contributed by atoms with van der Waals surface area (Å²) in [6, 6.07) is 0.276.